The summed E-state index contributed by atoms with van der Waals surface area (Å²) in [5.41, 5.74) is 4.61. The molecule has 4 rings (SSSR count). The number of allylic oxidation sites excluding steroid dienone is 4. The molecule has 4 nitrogen and oxygen atoms in total. The molecule has 0 amide bonds. The lowest BCUT2D eigenvalue weighted by Gasteiger charge is -2.28. The Labute approximate surface area is 163 Å². The zero-order valence-corrected chi connectivity index (χ0v) is 15.3. The fraction of sp³-hybridized carbons (Fsp3) is 0. The zero-order valence-electron chi connectivity index (χ0n) is 15.3. The van der Waals surface area contributed by atoms with Crippen LogP contribution >= 0.6 is 0 Å². The van der Waals surface area contributed by atoms with Gasteiger partial charge in [0.05, 0.1) is 0 Å². The number of nitrogens with zero attached hydrogens (tertiary/aromatic N) is 2. The van der Waals surface area contributed by atoms with Crippen LogP contribution in [0.15, 0.2) is 107 Å². The van der Waals surface area contributed by atoms with Gasteiger partial charge >= 0.3 is 0 Å². The standard InChI is InChI=1S/C24H18N2O2/c1-5-17-23(25-3)21(15-11-7-9-13-19(15)27-17)22-16-12-8-10-14-20(16)28-18(6-2)24(22)26-4/h5-14H,1-4H2/b22-21-. The van der Waals surface area contributed by atoms with Crippen LogP contribution in [0.5, 0.6) is 11.5 Å². The second kappa shape index (κ2) is 7.00. The summed E-state index contributed by atoms with van der Waals surface area (Å²) in [6.07, 6.45) is 3.26. The van der Waals surface area contributed by atoms with Crippen LogP contribution < -0.4 is 9.47 Å². The minimum absolute atomic E-state index is 0.531. The molecule has 0 spiro atoms. The van der Waals surface area contributed by atoms with Gasteiger partial charge in [-0.3, -0.25) is 9.98 Å². The molecule has 0 aromatic heterocycles. The zero-order chi connectivity index (χ0) is 19.7. The van der Waals surface area contributed by atoms with Gasteiger partial charge in [-0.25, -0.2) is 0 Å². The molecule has 0 fully saturated rings. The van der Waals surface area contributed by atoms with E-state index in [0.29, 0.717) is 34.4 Å². The highest BCUT2D eigenvalue weighted by atomic mass is 16.5. The van der Waals surface area contributed by atoms with Crippen LogP contribution in [-0.2, 0) is 0 Å². The van der Waals surface area contributed by atoms with E-state index < -0.39 is 0 Å². The summed E-state index contributed by atoms with van der Waals surface area (Å²) >= 11 is 0. The molecule has 2 heterocycles. The van der Waals surface area contributed by atoms with Crippen molar-refractivity contribution < 1.29 is 9.47 Å². The van der Waals surface area contributed by atoms with Crippen LogP contribution in [0, 0.1) is 0 Å². The van der Waals surface area contributed by atoms with Gasteiger partial charge in [0.15, 0.2) is 11.5 Å². The number of rotatable bonds is 4. The summed E-state index contributed by atoms with van der Waals surface area (Å²) in [4.78, 5) is 8.54. The first-order chi connectivity index (χ1) is 13.7. The average molecular weight is 366 g/mol. The number of ether oxygens (including phenoxy) is 2. The SMILES string of the molecule is C=CC1=C(N=C)/C(=C2\C(N=C)=C(C=C)Oc3ccccc32)c2ccccc2O1. The lowest BCUT2D eigenvalue weighted by molar-refractivity contribution is 0.430. The molecule has 0 atom stereocenters. The number of para-hydroxylation sites is 2. The fourth-order valence-corrected chi connectivity index (χ4v) is 3.46. The van der Waals surface area contributed by atoms with Gasteiger partial charge in [-0.15, -0.1) is 0 Å². The van der Waals surface area contributed by atoms with E-state index in [4.69, 9.17) is 9.47 Å². The van der Waals surface area contributed by atoms with E-state index in [2.05, 4.69) is 36.6 Å². The maximum absolute atomic E-state index is 6.00. The first-order valence-electron chi connectivity index (χ1n) is 8.69. The predicted octanol–water partition coefficient (Wildman–Crippen LogP) is 5.58. The van der Waals surface area contributed by atoms with Gasteiger partial charge in [-0.05, 0) is 37.7 Å². The maximum Gasteiger partial charge on any atom is 0.153 e. The van der Waals surface area contributed by atoms with Crippen LogP contribution in [0.2, 0.25) is 0 Å². The van der Waals surface area contributed by atoms with E-state index in [-0.39, 0.29) is 0 Å². The van der Waals surface area contributed by atoms with E-state index in [0.717, 1.165) is 22.3 Å². The number of fused-ring (bicyclic) bond motifs is 2. The van der Waals surface area contributed by atoms with E-state index in [1.165, 1.54) is 0 Å². The Kier molecular flexibility index (Phi) is 4.38. The lowest BCUT2D eigenvalue weighted by Crippen LogP contribution is -2.13. The van der Waals surface area contributed by atoms with Crippen LogP contribution in [0.3, 0.4) is 0 Å². The molecule has 0 unspecified atom stereocenters. The molecule has 28 heavy (non-hydrogen) atoms. The molecular formula is C24H18N2O2. The Hall–Kier alpha value is -3.92. The Morgan fingerprint density at radius 2 is 1.04 bits per heavy atom. The van der Waals surface area contributed by atoms with Crippen LogP contribution in [0.4, 0.5) is 0 Å². The molecule has 136 valence electrons. The van der Waals surface area contributed by atoms with Crippen molar-refractivity contribution in [3.63, 3.8) is 0 Å². The highest BCUT2D eigenvalue weighted by Crippen LogP contribution is 2.49. The molecule has 0 bridgehead atoms. The third-order valence-corrected chi connectivity index (χ3v) is 4.63. The third-order valence-electron chi connectivity index (χ3n) is 4.63. The Morgan fingerprint density at radius 3 is 1.39 bits per heavy atom. The molecule has 4 heteroatoms. The summed E-state index contributed by atoms with van der Waals surface area (Å²) in [6, 6.07) is 15.5. The normalized spacial score (nSPS) is 17.7. The molecule has 0 saturated heterocycles. The minimum atomic E-state index is 0.531. The van der Waals surface area contributed by atoms with Gasteiger partial charge in [0.25, 0.3) is 0 Å². The molecule has 2 aliphatic rings. The van der Waals surface area contributed by atoms with Crippen molar-refractivity contribution in [2.75, 3.05) is 0 Å². The number of hydrogen-bond donors (Lipinski definition) is 0. The van der Waals surface area contributed by atoms with Crippen molar-refractivity contribution in [2.45, 2.75) is 0 Å². The van der Waals surface area contributed by atoms with Crippen molar-refractivity contribution in [1.29, 1.82) is 0 Å². The smallest absolute Gasteiger partial charge is 0.153 e. The largest absolute Gasteiger partial charge is 0.454 e. The number of hydrogen-bond acceptors (Lipinski definition) is 4. The van der Waals surface area contributed by atoms with Gasteiger partial charge in [0.2, 0.25) is 0 Å². The second-order valence-electron chi connectivity index (χ2n) is 6.10. The van der Waals surface area contributed by atoms with Gasteiger partial charge in [-0.1, -0.05) is 49.6 Å². The van der Waals surface area contributed by atoms with Crippen molar-refractivity contribution in [2.24, 2.45) is 9.98 Å². The van der Waals surface area contributed by atoms with Crippen molar-refractivity contribution in [1.82, 2.24) is 0 Å². The fourth-order valence-electron chi connectivity index (χ4n) is 3.46. The van der Waals surface area contributed by atoms with Gasteiger partial charge in [0.1, 0.15) is 22.9 Å². The summed E-state index contributed by atoms with van der Waals surface area (Å²) in [5, 5.41) is 0. The molecule has 0 N–H and O–H groups in total. The van der Waals surface area contributed by atoms with Gasteiger partial charge < -0.3 is 9.47 Å². The maximum atomic E-state index is 6.00. The van der Waals surface area contributed by atoms with Crippen LogP contribution in [0.1, 0.15) is 11.1 Å². The van der Waals surface area contributed by atoms with E-state index >= 15 is 0 Å². The molecule has 0 radical (unpaired) electrons. The third kappa shape index (κ3) is 2.55. The number of aliphatic imine (C=N–C) groups is 2. The van der Waals surface area contributed by atoms with E-state index in [1.807, 2.05) is 48.5 Å². The molecule has 0 aliphatic carbocycles. The second-order valence-corrected chi connectivity index (χ2v) is 6.10. The Bertz CT molecular complexity index is 1040. The minimum Gasteiger partial charge on any atom is -0.454 e. The van der Waals surface area contributed by atoms with Gasteiger partial charge in [0, 0.05) is 22.3 Å². The molecule has 2 aromatic carbocycles. The Balaban J connectivity index is 2.21. The lowest BCUT2D eigenvalue weighted by atomic mass is 9.86. The van der Waals surface area contributed by atoms with Crippen molar-refractivity contribution in [3.8, 4) is 11.5 Å². The summed E-state index contributed by atoms with van der Waals surface area (Å²) in [5.74, 6) is 2.48. The van der Waals surface area contributed by atoms with Crippen molar-refractivity contribution >= 4 is 24.6 Å². The molecule has 2 aromatic rings. The van der Waals surface area contributed by atoms with Crippen molar-refractivity contribution in [3.05, 3.63) is 108 Å². The molecule has 0 saturated carbocycles. The predicted molar refractivity (Wildman–Crippen MR) is 114 cm³/mol. The van der Waals surface area contributed by atoms with Gasteiger partial charge in [-0.2, -0.15) is 0 Å². The first kappa shape index (κ1) is 17.5. The average Bonchev–Trinajstić information content (AvgIpc) is 2.76. The topological polar surface area (TPSA) is 43.2 Å². The summed E-state index contributed by atoms with van der Waals surface area (Å²) < 4.78 is 12.0. The molecule has 2 aliphatic heterocycles. The molecular weight excluding hydrogens is 348 g/mol. The first-order valence-corrected chi connectivity index (χ1v) is 8.69. The van der Waals surface area contributed by atoms with E-state index in [1.54, 1.807) is 12.2 Å². The number of benzene rings is 2. The monoisotopic (exact) mass is 366 g/mol. The van der Waals surface area contributed by atoms with Crippen LogP contribution in [0.25, 0.3) is 11.1 Å². The van der Waals surface area contributed by atoms with E-state index in [9.17, 15) is 0 Å². The highest BCUT2D eigenvalue weighted by molar-refractivity contribution is 6.08. The van der Waals surface area contributed by atoms with Crippen LogP contribution in [-0.4, -0.2) is 13.4 Å². The summed E-state index contributed by atoms with van der Waals surface area (Å²) in [7, 11) is 0. The summed E-state index contributed by atoms with van der Waals surface area (Å²) in [6.45, 7) is 15.3. The highest BCUT2D eigenvalue weighted by Gasteiger charge is 2.32. The Morgan fingerprint density at radius 1 is 0.643 bits per heavy atom. The quantitative estimate of drug-likeness (QED) is 0.663.